The number of alkyl halides is 1. The maximum absolute atomic E-state index is 10.4. The standard InChI is InChI=1S/C5H11Cl.C5H7NO3/c1-2-3-4-5-6;7-4-2-1-3(6-4)5(8)9/h2-5H2,1H3;3H,1-2H2,(H,6,7)(H,8,9)/t;3-/m.0/s1. The highest BCUT2D eigenvalue weighted by atomic mass is 35.5. The topological polar surface area (TPSA) is 66.4 Å². The average Bonchev–Trinajstić information content (AvgIpc) is 2.63. The van der Waals surface area contributed by atoms with Gasteiger partial charge in [0.15, 0.2) is 0 Å². The van der Waals surface area contributed by atoms with E-state index in [0.29, 0.717) is 12.8 Å². The van der Waals surface area contributed by atoms with Crippen LogP contribution in [0.25, 0.3) is 0 Å². The molecule has 0 aromatic carbocycles. The van der Waals surface area contributed by atoms with E-state index in [-0.39, 0.29) is 5.91 Å². The fourth-order valence-electron chi connectivity index (χ4n) is 1.14. The van der Waals surface area contributed by atoms with E-state index < -0.39 is 12.0 Å². The summed E-state index contributed by atoms with van der Waals surface area (Å²) in [6.07, 6.45) is 4.50. The van der Waals surface area contributed by atoms with Gasteiger partial charge in [0, 0.05) is 12.3 Å². The number of carboxylic acids is 1. The van der Waals surface area contributed by atoms with Gasteiger partial charge >= 0.3 is 5.97 Å². The van der Waals surface area contributed by atoms with E-state index in [0.717, 1.165) is 5.88 Å². The molecular formula is C10H18ClNO3. The smallest absolute Gasteiger partial charge is 0.326 e. The number of carboxylic acid groups (broad SMARTS) is 1. The lowest BCUT2D eigenvalue weighted by molar-refractivity contribution is -0.140. The minimum Gasteiger partial charge on any atom is -0.480 e. The Morgan fingerprint density at radius 3 is 2.47 bits per heavy atom. The van der Waals surface area contributed by atoms with Gasteiger partial charge in [-0.25, -0.2) is 4.79 Å². The summed E-state index contributed by atoms with van der Waals surface area (Å²) in [5, 5.41) is 10.6. The lowest BCUT2D eigenvalue weighted by atomic mass is 10.2. The Morgan fingerprint density at radius 1 is 1.60 bits per heavy atom. The Balaban J connectivity index is 0.000000288. The second kappa shape index (κ2) is 8.53. The number of nitrogens with one attached hydrogen (secondary N) is 1. The minimum absolute atomic E-state index is 0.164. The molecule has 1 amide bonds. The Labute approximate surface area is 95.0 Å². The number of rotatable bonds is 4. The average molecular weight is 236 g/mol. The van der Waals surface area contributed by atoms with Gasteiger partial charge in [-0.3, -0.25) is 4.79 Å². The number of amides is 1. The second-order valence-electron chi connectivity index (χ2n) is 3.39. The zero-order chi connectivity index (χ0) is 11.7. The summed E-state index contributed by atoms with van der Waals surface area (Å²) in [6, 6.07) is -0.641. The molecule has 0 aromatic heterocycles. The van der Waals surface area contributed by atoms with E-state index in [1.165, 1.54) is 19.3 Å². The third kappa shape index (κ3) is 7.19. The van der Waals surface area contributed by atoms with Crippen LogP contribution >= 0.6 is 11.6 Å². The Morgan fingerprint density at radius 2 is 2.27 bits per heavy atom. The van der Waals surface area contributed by atoms with Crippen molar-refractivity contribution in [2.24, 2.45) is 0 Å². The first-order chi connectivity index (χ1) is 7.11. The Kier molecular flexibility index (Phi) is 8.09. The van der Waals surface area contributed by atoms with Gasteiger partial charge in [0.2, 0.25) is 5.91 Å². The van der Waals surface area contributed by atoms with Crippen molar-refractivity contribution in [1.29, 1.82) is 0 Å². The molecule has 5 heteroatoms. The predicted octanol–water partition coefficient (Wildman–Crippen LogP) is 1.76. The molecule has 1 saturated heterocycles. The molecule has 0 saturated carbocycles. The van der Waals surface area contributed by atoms with Gasteiger partial charge in [0.1, 0.15) is 6.04 Å². The number of carbonyl (C=O) groups excluding carboxylic acids is 1. The van der Waals surface area contributed by atoms with Gasteiger partial charge < -0.3 is 10.4 Å². The molecule has 1 fully saturated rings. The zero-order valence-corrected chi connectivity index (χ0v) is 9.72. The third-order valence-electron chi connectivity index (χ3n) is 2.03. The van der Waals surface area contributed by atoms with E-state index in [2.05, 4.69) is 12.2 Å². The van der Waals surface area contributed by atoms with Crippen LogP contribution in [0.1, 0.15) is 39.0 Å². The number of hydrogen-bond acceptors (Lipinski definition) is 2. The number of unbranched alkanes of at least 4 members (excludes halogenated alkanes) is 2. The molecule has 1 heterocycles. The molecule has 0 aromatic rings. The number of hydrogen-bond donors (Lipinski definition) is 2. The minimum atomic E-state index is -0.944. The summed E-state index contributed by atoms with van der Waals surface area (Å²) in [5.41, 5.74) is 0. The fourth-order valence-corrected chi connectivity index (χ4v) is 1.33. The van der Waals surface area contributed by atoms with Crippen LogP contribution in [0.3, 0.4) is 0 Å². The van der Waals surface area contributed by atoms with Crippen LogP contribution in [-0.2, 0) is 9.59 Å². The normalized spacial score (nSPS) is 19.1. The lowest BCUT2D eigenvalue weighted by Gasteiger charge is -1.99. The first-order valence-corrected chi connectivity index (χ1v) is 5.73. The summed E-state index contributed by atoms with van der Waals surface area (Å²) in [6.45, 7) is 2.17. The molecule has 15 heavy (non-hydrogen) atoms. The second-order valence-corrected chi connectivity index (χ2v) is 3.77. The first kappa shape index (κ1) is 14.2. The van der Waals surface area contributed by atoms with Crippen LogP contribution in [0.4, 0.5) is 0 Å². The van der Waals surface area contributed by atoms with E-state index in [9.17, 15) is 9.59 Å². The van der Waals surface area contributed by atoms with Crippen molar-refractivity contribution < 1.29 is 14.7 Å². The van der Waals surface area contributed by atoms with Gasteiger partial charge in [0.25, 0.3) is 0 Å². The SMILES string of the molecule is CCCCCCl.O=C1CC[C@@H](C(=O)O)N1. The summed E-state index contributed by atoms with van der Waals surface area (Å²) < 4.78 is 0. The molecule has 1 aliphatic rings. The number of halogens is 1. The predicted molar refractivity (Wildman–Crippen MR) is 59.0 cm³/mol. The van der Waals surface area contributed by atoms with Gasteiger partial charge in [-0.1, -0.05) is 19.8 Å². The highest BCUT2D eigenvalue weighted by Gasteiger charge is 2.26. The maximum Gasteiger partial charge on any atom is 0.326 e. The van der Waals surface area contributed by atoms with Crippen LogP contribution in [0.2, 0.25) is 0 Å². The van der Waals surface area contributed by atoms with E-state index in [1.54, 1.807) is 0 Å². The van der Waals surface area contributed by atoms with Crippen LogP contribution < -0.4 is 5.32 Å². The van der Waals surface area contributed by atoms with E-state index >= 15 is 0 Å². The summed E-state index contributed by atoms with van der Waals surface area (Å²) in [7, 11) is 0. The fraction of sp³-hybridized carbons (Fsp3) is 0.800. The van der Waals surface area contributed by atoms with Gasteiger partial charge in [-0.05, 0) is 12.8 Å². The van der Waals surface area contributed by atoms with Gasteiger partial charge in [-0.15, -0.1) is 11.6 Å². The van der Waals surface area contributed by atoms with Crippen molar-refractivity contribution >= 4 is 23.5 Å². The van der Waals surface area contributed by atoms with Crippen molar-refractivity contribution in [3.05, 3.63) is 0 Å². The molecule has 2 N–H and O–H groups in total. The summed E-state index contributed by atoms with van der Waals surface area (Å²) >= 11 is 5.38. The summed E-state index contributed by atoms with van der Waals surface area (Å²) in [5.74, 6) is -0.281. The number of aliphatic carboxylic acids is 1. The highest BCUT2D eigenvalue weighted by molar-refractivity contribution is 6.17. The quantitative estimate of drug-likeness (QED) is 0.577. The van der Waals surface area contributed by atoms with Crippen molar-refractivity contribution in [3.63, 3.8) is 0 Å². The highest BCUT2D eigenvalue weighted by Crippen LogP contribution is 2.05. The molecule has 0 bridgehead atoms. The molecule has 1 atom stereocenters. The lowest BCUT2D eigenvalue weighted by Crippen LogP contribution is -2.32. The van der Waals surface area contributed by atoms with Crippen LogP contribution in [0.15, 0.2) is 0 Å². The maximum atomic E-state index is 10.4. The van der Waals surface area contributed by atoms with Gasteiger partial charge in [0.05, 0.1) is 0 Å². The number of carbonyl (C=O) groups is 2. The first-order valence-electron chi connectivity index (χ1n) is 5.20. The van der Waals surface area contributed by atoms with Crippen LogP contribution in [-0.4, -0.2) is 28.9 Å². The Bertz CT molecular complexity index is 205. The molecule has 0 unspecified atom stereocenters. The molecular weight excluding hydrogens is 218 g/mol. The van der Waals surface area contributed by atoms with Crippen LogP contribution in [0, 0.1) is 0 Å². The largest absolute Gasteiger partial charge is 0.480 e. The zero-order valence-electron chi connectivity index (χ0n) is 8.96. The van der Waals surface area contributed by atoms with E-state index in [4.69, 9.17) is 16.7 Å². The van der Waals surface area contributed by atoms with Crippen molar-refractivity contribution in [1.82, 2.24) is 5.32 Å². The van der Waals surface area contributed by atoms with Crippen molar-refractivity contribution in [2.75, 3.05) is 5.88 Å². The monoisotopic (exact) mass is 235 g/mol. The summed E-state index contributed by atoms with van der Waals surface area (Å²) in [4.78, 5) is 20.5. The molecule has 1 aliphatic heterocycles. The van der Waals surface area contributed by atoms with Crippen LogP contribution in [0.5, 0.6) is 0 Å². The Hall–Kier alpha value is -0.770. The molecule has 0 aliphatic carbocycles. The van der Waals surface area contributed by atoms with E-state index in [1.807, 2.05) is 0 Å². The van der Waals surface area contributed by atoms with Gasteiger partial charge in [-0.2, -0.15) is 0 Å². The van der Waals surface area contributed by atoms with Crippen molar-refractivity contribution in [3.8, 4) is 0 Å². The molecule has 4 nitrogen and oxygen atoms in total. The third-order valence-corrected chi connectivity index (χ3v) is 2.30. The molecule has 0 radical (unpaired) electrons. The molecule has 0 spiro atoms. The molecule has 1 rings (SSSR count). The van der Waals surface area contributed by atoms with Crippen molar-refractivity contribution in [2.45, 2.75) is 45.1 Å². The molecule has 88 valence electrons.